The predicted molar refractivity (Wildman–Crippen MR) is 56.5 cm³/mol. The molecule has 1 amide bonds. The van der Waals surface area contributed by atoms with Crippen LogP contribution < -0.4 is 5.32 Å². The van der Waals surface area contributed by atoms with Crippen molar-refractivity contribution in [3.63, 3.8) is 0 Å². The zero-order valence-corrected chi connectivity index (χ0v) is 8.44. The third kappa shape index (κ3) is 2.40. The lowest BCUT2D eigenvalue weighted by Gasteiger charge is -2.01. The molecule has 2 rings (SSSR count). The fraction of sp³-hybridized carbons (Fsp3) is 0.364. The second-order valence-electron chi connectivity index (χ2n) is 3.62. The number of carbonyl (C=O) groups excluding carboxylic acids is 1. The van der Waals surface area contributed by atoms with Crippen LogP contribution >= 0.6 is 0 Å². The van der Waals surface area contributed by atoms with E-state index in [1.54, 1.807) is 12.1 Å². The Balaban J connectivity index is 2.02. The van der Waals surface area contributed by atoms with Crippen molar-refractivity contribution < 1.29 is 4.79 Å². The van der Waals surface area contributed by atoms with Crippen molar-refractivity contribution in [2.75, 3.05) is 6.54 Å². The summed E-state index contributed by atoms with van der Waals surface area (Å²) in [6, 6.07) is 3.60. The van der Waals surface area contributed by atoms with E-state index in [1.807, 2.05) is 6.07 Å². The van der Waals surface area contributed by atoms with Crippen LogP contribution in [0.5, 0.6) is 0 Å². The summed E-state index contributed by atoms with van der Waals surface area (Å²) in [6.45, 7) is 3.97. The molecule has 0 aromatic carbocycles. The first kappa shape index (κ1) is 9.83. The lowest BCUT2D eigenvalue weighted by atomic mass is 10.2. The molecule has 0 aliphatic heterocycles. The quantitative estimate of drug-likeness (QED) is 0.750. The SMILES string of the molecule is C=CCNC(=O)c1ccc(C2CC2)nn1. The molecule has 1 aliphatic rings. The highest BCUT2D eigenvalue weighted by Crippen LogP contribution is 2.38. The average molecular weight is 203 g/mol. The van der Waals surface area contributed by atoms with Crippen molar-refractivity contribution >= 4 is 5.91 Å². The van der Waals surface area contributed by atoms with Crippen molar-refractivity contribution in [3.05, 3.63) is 36.2 Å². The van der Waals surface area contributed by atoms with Crippen molar-refractivity contribution in [2.24, 2.45) is 0 Å². The standard InChI is InChI=1S/C11H13N3O/c1-2-7-12-11(15)10-6-5-9(13-14-10)8-3-4-8/h2,5-6,8H,1,3-4,7H2,(H,12,15). The number of hydrogen-bond donors (Lipinski definition) is 1. The van der Waals surface area contributed by atoms with Crippen LogP contribution in [0.15, 0.2) is 24.8 Å². The molecule has 78 valence electrons. The maximum atomic E-state index is 11.4. The molecule has 1 aromatic rings. The van der Waals surface area contributed by atoms with E-state index in [0.29, 0.717) is 18.2 Å². The molecular formula is C11H13N3O. The number of hydrogen-bond acceptors (Lipinski definition) is 3. The largest absolute Gasteiger partial charge is 0.347 e. The van der Waals surface area contributed by atoms with E-state index in [-0.39, 0.29) is 5.91 Å². The van der Waals surface area contributed by atoms with Crippen LogP contribution in [0.2, 0.25) is 0 Å². The molecule has 15 heavy (non-hydrogen) atoms. The summed E-state index contributed by atoms with van der Waals surface area (Å²) in [5.74, 6) is 0.368. The molecule has 0 atom stereocenters. The Morgan fingerprint density at radius 1 is 1.53 bits per heavy atom. The summed E-state index contributed by atoms with van der Waals surface area (Å²) >= 11 is 0. The van der Waals surface area contributed by atoms with Crippen LogP contribution in [0.3, 0.4) is 0 Å². The smallest absolute Gasteiger partial charge is 0.272 e. The second kappa shape index (κ2) is 4.21. The Bertz CT molecular complexity index is 368. The van der Waals surface area contributed by atoms with E-state index in [0.717, 1.165) is 5.69 Å². The molecule has 0 bridgehead atoms. The summed E-state index contributed by atoms with van der Waals surface area (Å²) in [5.41, 5.74) is 1.36. The van der Waals surface area contributed by atoms with Gasteiger partial charge in [-0.1, -0.05) is 6.08 Å². The highest BCUT2D eigenvalue weighted by molar-refractivity contribution is 5.92. The fourth-order valence-corrected chi connectivity index (χ4v) is 1.32. The normalized spacial score (nSPS) is 14.7. The minimum Gasteiger partial charge on any atom is -0.347 e. The van der Waals surface area contributed by atoms with Crippen LogP contribution in [0, 0.1) is 0 Å². The maximum absolute atomic E-state index is 11.4. The van der Waals surface area contributed by atoms with Gasteiger partial charge < -0.3 is 5.32 Å². The zero-order valence-electron chi connectivity index (χ0n) is 8.44. The van der Waals surface area contributed by atoms with Gasteiger partial charge in [0.1, 0.15) is 0 Å². The van der Waals surface area contributed by atoms with Crippen LogP contribution in [0.4, 0.5) is 0 Å². The molecule has 1 saturated carbocycles. The van der Waals surface area contributed by atoms with Gasteiger partial charge in [0.05, 0.1) is 5.69 Å². The first-order chi connectivity index (χ1) is 7.31. The number of aromatic nitrogens is 2. The third-order valence-corrected chi connectivity index (χ3v) is 2.32. The fourth-order valence-electron chi connectivity index (χ4n) is 1.32. The number of amides is 1. The molecular weight excluding hydrogens is 190 g/mol. The van der Waals surface area contributed by atoms with Crippen LogP contribution in [0.1, 0.15) is 34.9 Å². The van der Waals surface area contributed by atoms with E-state index < -0.39 is 0 Å². The lowest BCUT2D eigenvalue weighted by Crippen LogP contribution is -2.24. The van der Waals surface area contributed by atoms with Gasteiger partial charge in [-0.25, -0.2) is 0 Å². The van der Waals surface area contributed by atoms with Gasteiger partial charge in [0, 0.05) is 12.5 Å². The minimum atomic E-state index is -0.204. The van der Waals surface area contributed by atoms with Gasteiger partial charge >= 0.3 is 0 Å². The maximum Gasteiger partial charge on any atom is 0.272 e. The number of carbonyl (C=O) groups is 1. The summed E-state index contributed by atoms with van der Waals surface area (Å²) in [6.07, 6.45) is 4.01. The monoisotopic (exact) mass is 203 g/mol. The third-order valence-electron chi connectivity index (χ3n) is 2.32. The summed E-state index contributed by atoms with van der Waals surface area (Å²) in [7, 11) is 0. The first-order valence-electron chi connectivity index (χ1n) is 5.04. The molecule has 0 unspecified atom stereocenters. The van der Waals surface area contributed by atoms with Gasteiger partial charge in [-0.05, 0) is 25.0 Å². The number of nitrogens with one attached hydrogen (secondary N) is 1. The predicted octanol–water partition coefficient (Wildman–Crippen LogP) is 1.27. The molecule has 1 fully saturated rings. The molecule has 1 aromatic heterocycles. The van der Waals surface area contributed by atoms with E-state index >= 15 is 0 Å². The Kier molecular flexibility index (Phi) is 2.76. The Morgan fingerprint density at radius 3 is 2.87 bits per heavy atom. The average Bonchev–Trinajstić information content (AvgIpc) is 3.10. The van der Waals surface area contributed by atoms with Gasteiger partial charge in [-0.2, -0.15) is 5.10 Å². The Labute approximate surface area is 88.4 Å². The van der Waals surface area contributed by atoms with Crippen LogP contribution in [0.25, 0.3) is 0 Å². The first-order valence-corrected chi connectivity index (χ1v) is 5.04. The minimum absolute atomic E-state index is 0.204. The topological polar surface area (TPSA) is 54.9 Å². The molecule has 4 heteroatoms. The van der Waals surface area contributed by atoms with Crippen molar-refractivity contribution in [2.45, 2.75) is 18.8 Å². The van der Waals surface area contributed by atoms with Gasteiger partial charge in [-0.15, -0.1) is 11.7 Å². The van der Waals surface area contributed by atoms with Crippen LogP contribution in [-0.2, 0) is 0 Å². The molecule has 0 saturated heterocycles. The van der Waals surface area contributed by atoms with Crippen LogP contribution in [-0.4, -0.2) is 22.6 Å². The van der Waals surface area contributed by atoms with E-state index in [4.69, 9.17) is 0 Å². The summed E-state index contributed by atoms with van der Waals surface area (Å²) < 4.78 is 0. The summed E-state index contributed by atoms with van der Waals surface area (Å²) in [5, 5.41) is 10.6. The molecule has 0 radical (unpaired) electrons. The molecule has 1 aliphatic carbocycles. The highest BCUT2D eigenvalue weighted by atomic mass is 16.1. The van der Waals surface area contributed by atoms with Gasteiger partial charge in [0.25, 0.3) is 5.91 Å². The van der Waals surface area contributed by atoms with E-state index in [2.05, 4.69) is 22.1 Å². The van der Waals surface area contributed by atoms with Crippen molar-refractivity contribution in [3.8, 4) is 0 Å². The van der Waals surface area contributed by atoms with Crippen molar-refractivity contribution in [1.82, 2.24) is 15.5 Å². The Morgan fingerprint density at radius 2 is 2.33 bits per heavy atom. The van der Waals surface area contributed by atoms with Crippen molar-refractivity contribution in [1.29, 1.82) is 0 Å². The lowest BCUT2D eigenvalue weighted by molar-refractivity contribution is 0.0952. The zero-order chi connectivity index (χ0) is 10.7. The number of nitrogens with zero attached hydrogens (tertiary/aromatic N) is 2. The molecule has 1 N–H and O–H groups in total. The summed E-state index contributed by atoms with van der Waals surface area (Å²) in [4.78, 5) is 11.4. The number of rotatable bonds is 4. The Hall–Kier alpha value is -1.71. The van der Waals surface area contributed by atoms with E-state index in [9.17, 15) is 4.79 Å². The highest BCUT2D eigenvalue weighted by Gasteiger charge is 2.25. The molecule has 1 heterocycles. The van der Waals surface area contributed by atoms with Gasteiger partial charge in [0.2, 0.25) is 0 Å². The molecule has 4 nitrogen and oxygen atoms in total. The van der Waals surface area contributed by atoms with Gasteiger partial charge in [0.15, 0.2) is 5.69 Å². The second-order valence-corrected chi connectivity index (χ2v) is 3.62. The molecule has 0 spiro atoms. The van der Waals surface area contributed by atoms with Gasteiger partial charge in [-0.3, -0.25) is 4.79 Å². The van der Waals surface area contributed by atoms with E-state index in [1.165, 1.54) is 12.8 Å².